The van der Waals surface area contributed by atoms with Crippen LogP contribution in [-0.4, -0.2) is 45.0 Å². The number of nitrogens with zero attached hydrogens (tertiary/aromatic N) is 1. The minimum Gasteiger partial charge on any atom is -0.486 e. The summed E-state index contributed by atoms with van der Waals surface area (Å²) in [6, 6.07) is 4.99. The van der Waals surface area contributed by atoms with Crippen LogP contribution in [0.3, 0.4) is 0 Å². The molecular formula is C18H18BrNO6S2. The molecule has 7 nitrogen and oxygen atoms in total. The normalized spacial score (nSPS) is 16.9. The second kappa shape index (κ2) is 8.02. The minimum absolute atomic E-state index is 0.0167. The first-order valence-corrected chi connectivity index (χ1v) is 11.9. The van der Waals surface area contributed by atoms with Gasteiger partial charge in [0.15, 0.2) is 11.5 Å². The summed E-state index contributed by atoms with van der Waals surface area (Å²) in [5, 5.41) is 1.60. The Labute approximate surface area is 175 Å². The van der Waals surface area contributed by atoms with Crippen LogP contribution in [0.5, 0.6) is 11.5 Å². The lowest BCUT2D eigenvalue weighted by molar-refractivity contribution is 0.0472. The second-order valence-electron chi connectivity index (χ2n) is 6.39. The van der Waals surface area contributed by atoms with Crippen LogP contribution in [0.25, 0.3) is 0 Å². The Balaban J connectivity index is 1.51. The number of sulfonamides is 1. The lowest BCUT2D eigenvalue weighted by atomic mass is 10.2. The first-order chi connectivity index (χ1) is 13.5. The van der Waals surface area contributed by atoms with Crippen molar-refractivity contribution in [3.05, 3.63) is 38.5 Å². The highest BCUT2D eigenvalue weighted by molar-refractivity contribution is 9.10. The third-order valence-electron chi connectivity index (χ3n) is 4.57. The Morgan fingerprint density at radius 3 is 2.57 bits per heavy atom. The fourth-order valence-electron chi connectivity index (χ4n) is 3.14. The van der Waals surface area contributed by atoms with Crippen molar-refractivity contribution in [2.24, 2.45) is 0 Å². The number of halogens is 1. The van der Waals surface area contributed by atoms with Crippen LogP contribution in [0, 0.1) is 0 Å². The Bertz CT molecular complexity index is 997. The van der Waals surface area contributed by atoms with E-state index >= 15 is 0 Å². The van der Waals surface area contributed by atoms with E-state index < -0.39 is 16.0 Å². The van der Waals surface area contributed by atoms with Crippen LogP contribution >= 0.6 is 27.3 Å². The molecular weight excluding hydrogens is 470 g/mol. The van der Waals surface area contributed by atoms with Gasteiger partial charge in [-0.1, -0.05) is 15.9 Å². The Hall–Kier alpha value is -1.62. The van der Waals surface area contributed by atoms with Crippen LogP contribution in [0.1, 0.15) is 28.1 Å². The van der Waals surface area contributed by atoms with E-state index in [9.17, 15) is 13.2 Å². The molecule has 0 aliphatic carbocycles. The van der Waals surface area contributed by atoms with E-state index in [0.29, 0.717) is 43.4 Å². The Kier molecular flexibility index (Phi) is 5.64. The third-order valence-corrected chi connectivity index (χ3v) is 8.27. The topological polar surface area (TPSA) is 82.1 Å². The SMILES string of the molecule is O=C(OCc1cc2c(cc1Br)OCCO2)c1sccc1S(=O)(=O)N1CCCC1. The van der Waals surface area contributed by atoms with E-state index in [-0.39, 0.29) is 16.4 Å². The van der Waals surface area contributed by atoms with Crippen molar-refractivity contribution in [3.8, 4) is 11.5 Å². The number of hydrogen-bond donors (Lipinski definition) is 0. The van der Waals surface area contributed by atoms with Gasteiger partial charge in [-0.3, -0.25) is 0 Å². The van der Waals surface area contributed by atoms with E-state index in [4.69, 9.17) is 14.2 Å². The number of benzene rings is 1. The lowest BCUT2D eigenvalue weighted by Gasteiger charge is -2.20. The van der Waals surface area contributed by atoms with Gasteiger partial charge in [-0.05, 0) is 36.4 Å². The summed E-state index contributed by atoms with van der Waals surface area (Å²) in [4.78, 5) is 12.7. The van der Waals surface area contributed by atoms with Gasteiger partial charge in [-0.15, -0.1) is 11.3 Å². The lowest BCUT2D eigenvalue weighted by Crippen LogP contribution is -2.28. The van der Waals surface area contributed by atoms with Crippen LogP contribution < -0.4 is 9.47 Å². The van der Waals surface area contributed by atoms with E-state index in [2.05, 4.69) is 15.9 Å². The van der Waals surface area contributed by atoms with Crippen molar-refractivity contribution in [1.82, 2.24) is 4.31 Å². The number of esters is 1. The Morgan fingerprint density at radius 1 is 1.18 bits per heavy atom. The van der Waals surface area contributed by atoms with Gasteiger partial charge in [0.05, 0.1) is 0 Å². The van der Waals surface area contributed by atoms with Crippen LogP contribution in [0.4, 0.5) is 0 Å². The maximum atomic E-state index is 12.8. The van der Waals surface area contributed by atoms with E-state index in [1.54, 1.807) is 17.5 Å². The summed E-state index contributed by atoms with van der Waals surface area (Å²) in [6.45, 7) is 1.89. The number of carbonyl (C=O) groups excluding carboxylic acids is 1. The highest BCUT2D eigenvalue weighted by Gasteiger charge is 2.32. The number of carbonyl (C=O) groups is 1. The summed E-state index contributed by atoms with van der Waals surface area (Å²) >= 11 is 4.51. The van der Waals surface area contributed by atoms with Crippen LogP contribution in [-0.2, 0) is 21.4 Å². The standard InChI is InChI=1S/C18H18BrNO6S2/c19-13-10-15-14(24-6-7-25-15)9-12(13)11-26-18(21)17-16(3-8-27-17)28(22,23)20-4-1-2-5-20/h3,8-10H,1-2,4-7,11H2. The zero-order valence-corrected chi connectivity index (χ0v) is 18.1. The van der Waals surface area contributed by atoms with Crippen molar-refractivity contribution in [3.63, 3.8) is 0 Å². The zero-order chi connectivity index (χ0) is 19.7. The van der Waals surface area contributed by atoms with E-state index in [1.165, 1.54) is 10.4 Å². The average Bonchev–Trinajstić information content (AvgIpc) is 3.38. The Morgan fingerprint density at radius 2 is 1.86 bits per heavy atom. The van der Waals surface area contributed by atoms with Gasteiger partial charge >= 0.3 is 5.97 Å². The zero-order valence-electron chi connectivity index (χ0n) is 14.9. The van der Waals surface area contributed by atoms with Crippen molar-refractivity contribution in [2.45, 2.75) is 24.3 Å². The number of thiophene rings is 1. The second-order valence-corrected chi connectivity index (χ2v) is 10.1. The van der Waals surface area contributed by atoms with Gasteiger partial charge in [0, 0.05) is 23.1 Å². The van der Waals surface area contributed by atoms with Gasteiger partial charge in [-0.25, -0.2) is 13.2 Å². The van der Waals surface area contributed by atoms with Crippen molar-refractivity contribution >= 4 is 43.3 Å². The maximum absolute atomic E-state index is 12.8. The number of ether oxygens (including phenoxy) is 3. The molecule has 1 fully saturated rings. The molecule has 0 saturated carbocycles. The molecule has 10 heteroatoms. The number of rotatable bonds is 5. The van der Waals surface area contributed by atoms with Crippen molar-refractivity contribution in [1.29, 1.82) is 0 Å². The van der Waals surface area contributed by atoms with E-state index in [0.717, 1.165) is 28.7 Å². The molecule has 0 N–H and O–H groups in total. The largest absolute Gasteiger partial charge is 0.486 e. The summed E-state index contributed by atoms with van der Waals surface area (Å²) in [5.41, 5.74) is 0.707. The molecule has 0 radical (unpaired) electrons. The minimum atomic E-state index is -3.68. The molecule has 0 bridgehead atoms. The number of hydrogen-bond acceptors (Lipinski definition) is 7. The average molecular weight is 488 g/mol. The predicted octanol–water partition coefficient (Wildman–Crippen LogP) is 3.42. The molecule has 3 heterocycles. The molecule has 1 aromatic heterocycles. The maximum Gasteiger partial charge on any atom is 0.350 e. The molecule has 0 spiro atoms. The molecule has 2 aliphatic rings. The molecule has 28 heavy (non-hydrogen) atoms. The molecule has 1 aromatic carbocycles. The van der Waals surface area contributed by atoms with Crippen LogP contribution in [0.15, 0.2) is 32.9 Å². The quantitative estimate of drug-likeness (QED) is 0.600. The highest BCUT2D eigenvalue weighted by atomic mass is 79.9. The summed E-state index contributed by atoms with van der Waals surface area (Å²) < 4.78 is 44.2. The van der Waals surface area contributed by atoms with Crippen molar-refractivity contribution < 1.29 is 27.4 Å². The fraction of sp³-hybridized carbons (Fsp3) is 0.389. The summed E-state index contributed by atoms with van der Waals surface area (Å²) in [6.07, 6.45) is 1.67. The molecule has 2 aliphatic heterocycles. The molecule has 0 unspecified atom stereocenters. The van der Waals surface area contributed by atoms with Gasteiger partial charge in [-0.2, -0.15) is 4.31 Å². The van der Waals surface area contributed by atoms with Gasteiger partial charge in [0.1, 0.15) is 29.6 Å². The molecule has 150 valence electrons. The van der Waals surface area contributed by atoms with Gasteiger partial charge < -0.3 is 14.2 Å². The summed E-state index contributed by atoms with van der Waals surface area (Å²) in [7, 11) is -3.68. The smallest absolute Gasteiger partial charge is 0.350 e. The first kappa shape index (κ1) is 19.7. The van der Waals surface area contributed by atoms with E-state index in [1.807, 2.05) is 0 Å². The van der Waals surface area contributed by atoms with Crippen molar-refractivity contribution in [2.75, 3.05) is 26.3 Å². The summed E-state index contributed by atoms with van der Waals surface area (Å²) in [5.74, 6) is 0.564. The molecule has 4 rings (SSSR count). The number of fused-ring (bicyclic) bond motifs is 1. The third kappa shape index (κ3) is 3.78. The first-order valence-electron chi connectivity index (χ1n) is 8.79. The molecule has 2 aromatic rings. The molecule has 1 saturated heterocycles. The predicted molar refractivity (Wildman–Crippen MR) is 107 cm³/mol. The monoisotopic (exact) mass is 487 g/mol. The molecule has 0 amide bonds. The van der Waals surface area contributed by atoms with Gasteiger partial charge in [0.25, 0.3) is 0 Å². The van der Waals surface area contributed by atoms with Gasteiger partial charge in [0.2, 0.25) is 10.0 Å². The van der Waals surface area contributed by atoms with Crippen LogP contribution in [0.2, 0.25) is 0 Å². The molecule has 0 atom stereocenters. The fourth-order valence-corrected chi connectivity index (χ4v) is 6.38. The highest BCUT2D eigenvalue weighted by Crippen LogP contribution is 2.36.